The summed E-state index contributed by atoms with van der Waals surface area (Å²) in [4.78, 5) is 8.93. The number of nitrogens with one attached hydrogen (secondary N) is 2. The lowest BCUT2D eigenvalue weighted by molar-refractivity contribution is 0.178. The molecule has 19 heavy (non-hydrogen) atoms. The highest BCUT2D eigenvalue weighted by Crippen LogP contribution is 2.22. The summed E-state index contributed by atoms with van der Waals surface area (Å²) in [7, 11) is 1.66. The Morgan fingerprint density at radius 3 is 2.63 bits per heavy atom. The third kappa shape index (κ3) is 4.35. The molecule has 2 rings (SSSR count). The zero-order valence-electron chi connectivity index (χ0n) is 11.9. The highest BCUT2D eigenvalue weighted by atomic mass is 16.5. The van der Waals surface area contributed by atoms with Crippen molar-refractivity contribution in [2.45, 2.75) is 51.7 Å². The van der Waals surface area contributed by atoms with Gasteiger partial charge in [0.25, 0.3) is 0 Å². The van der Waals surface area contributed by atoms with Crippen LogP contribution in [0.5, 0.6) is 0 Å². The third-order valence-electron chi connectivity index (χ3n) is 3.36. The summed E-state index contributed by atoms with van der Waals surface area (Å²) in [5, 5.41) is 6.77. The van der Waals surface area contributed by atoms with Gasteiger partial charge in [0, 0.05) is 25.8 Å². The Morgan fingerprint density at radius 1 is 1.21 bits per heavy atom. The molecule has 0 aliphatic heterocycles. The van der Waals surface area contributed by atoms with Gasteiger partial charge in [-0.2, -0.15) is 0 Å². The van der Waals surface area contributed by atoms with Crippen molar-refractivity contribution < 1.29 is 4.74 Å². The molecule has 1 saturated carbocycles. The molecule has 0 aromatic carbocycles. The van der Waals surface area contributed by atoms with Gasteiger partial charge in [0.2, 0.25) is 0 Å². The maximum absolute atomic E-state index is 5.13. The molecule has 5 nitrogen and oxygen atoms in total. The van der Waals surface area contributed by atoms with Crippen molar-refractivity contribution in [1.82, 2.24) is 9.97 Å². The van der Waals surface area contributed by atoms with E-state index in [0.717, 1.165) is 24.0 Å². The highest BCUT2D eigenvalue weighted by Gasteiger charge is 2.14. The average Bonchev–Trinajstić information content (AvgIpc) is 2.40. The monoisotopic (exact) mass is 264 g/mol. The molecule has 2 N–H and O–H groups in total. The lowest BCUT2D eigenvalue weighted by Gasteiger charge is -2.23. The van der Waals surface area contributed by atoms with E-state index in [1.165, 1.54) is 32.1 Å². The first kappa shape index (κ1) is 14.1. The SMILES string of the molecule is CCNc1cc(NC2CCCCC2)nc(COC)n1. The van der Waals surface area contributed by atoms with Crippen molar-refractivity contribution in [3.8, 4) is 0 Å². The van der Waals surface area contributed by atoms with E-state index in [4.69, 9.17) is 4.74 Å². The molecular weight excluding hydrogens is 240 g/mol. The summed E-state index contributed by atoms with van der Waals surface area (Å²) in [5.74, 6) is 2.49. The van der Waals surface area contributed by atoms with Gasteiger partial charge in [-0.25, -0.2) is 9.97 Å². The summed E-state index contributed by atoms with van der Waals surface area (Å²) in [6.45, 7) is 3.36. The molecule has 0 saturated heterocycles. The van der Waals surface area contributed by atoms with Crippen molar-refractivity contribution in [2.24, 2.45) is 0 Å². The molecule has 1 aliphatic rings. The molecule has 0 atom stereocenters. The van der Waals surface area contributed by atoms with E-state index < -0.39 is 0 Å². The highest BCUT2D eigenvalue weighted by molar-refractivity contribution is 5.48. The number of hydrogen-bond acceptors (Lipinski definition) is 5. The Hall–Kier alpha value is -1.36. The topological polar surface area (TPSA) is 59.1 Å². The van der Waals surface area contributed by atoms with Crippen molar-refractivity contribution >= 4 is 11.6 Å². The maximum Gasteiger partial charge on any atom is 0.158 e. The van der Waals surface area contributed by atoms with Crippen LogP contribution < -0.4 is 10.6 Å². The van der Waals surface area contributed by atoms with Crippen LogP contribution in [0.3, 0.4) is 0 Å². The minimum atomic E-state index is 0.443. The number of methoxy groups -OCH3 is 1. The van der Waals surface area contributed by atoms with Crippen LogP contribution in [0, 0.1) is 0 Å². The Labute approximate surface area is 115 Å². The fraction of sp³-hybridized carbons (Fsp3) is 0.714. The molecule has 0 unspecified atom stereocenters. The van der Waals surface area contributed by atoms with Crippen molar-refractivity contribution in [2.75, 3.05) is 24.3 Å². The molecule has 1 aliphatic carbocycles. The van der Waals surface area contributed by atoms with E-state index in [2.05, 4.69) is 27.5 Å². The normalized spacial score (nSPS) is 16.3. The summed E-state index contributed by atoms with van der Waals surface area (Å²) < 4.78 is 5.13. The van der Waals surface area contributed by atoms with Gasteiger partial charge < -0.3 is 15.4 Å². The number of hydrogen-bond donors (Lipinski definition) is 2. The molecule has 0 bridgehead atoms. The van der Waals surface area contributed by atoms with Crippen LogP contribution >= 0.6 is 0 Å². The van der Waals surface area contributed by atoms with Gasteiger partial charge in [-0.05, 0) is 19.8 Å². The van der Waals surface area contributed by atoms with Gasteiger partial charge in [-0.1, -0.05) is 19.3 Å². The number of anilines is 2. The molecule has 1 aromatic heterocycles. The lowest BCUT2D eigenvalue weighted by atomic mass is 9.95. The van der Waals surface area contributed by atoms with Crippen molar-refractivity contribution in [3.05, 3.63) is 11.9 Å². The Balaban J connectivity index is 2.08. The average molecular weight is 264 g/mol. The van der Waals surface area contributed by atoms with Crippen LogP contribution in [0.4, 0.5) is 11.6 Å². The zero-order chi connectivity index (χ0) is 13.5. The summed E-state index contributed by atoms with van der Waals surface area (Å²) in [6.07, 6.45) is 6.46. The van der Waals surface area contributed by atoms with Gasteiger partial charge in [-0.15, -0.1) is 0 Å². The van der Waals surface area contributed by atoms with Crippen LogP contribution in [0.2, 0.25) is 0 Å². The smallest absolute Gasteiger partial charge is 0.158 e. The van der Waals surface area contributed by atoms with Crippen molar-refractivity contribution in [1.29, 1.82) is 0 Å². The number of nitrogens with zero attached hydrogens (tertiary/aromatic N) is 2. The standard InChI is InChI=1S/C14H24N4O/c1-3-15-12-9-13(18-14(17-12)10-19-2)16-11-7-5-4-6-8-11/h9,11H,3-8,10H2,1-2H3,(H2,15,16,17,18). The molecule has 1 fully saturated rings. The van der Waals surface area contributed by atoms with Gasteiger partial charge in [0.15, 0.2) is 5.82 Å². The number of aromatic nitrogens is 2. The lowest BCUT2D eigenvalue weighted by Crippen LogP contribution is -2.23. The molecule has 0 radical (unpaired) electrons. The molecule has 106 valence electrons. The van der Waals surface area contributed by atoms with Gasteiger partial charge in [0.1, 0.15) is 18.2 Å². The quantitative estimate of drug-likeness (QED) is 0.827. The van der Waals surface area contributed by atoms with Gasteiger partial charge >= 0.3 is 0 Å². The third-order valence-corrected chi connectivity index (χ3v) is 3.36. The van der Waals surface area contributed by atoms with Crippen LogP contribution in [-0.4, -0.2) is 29.7 Å². The number of ether oxygens (including phenoxy) is 1. The fourth-order valence-corrected chi connectivity index (χ4v) is 2.49. The van der Waals surface area contributed by atoms with E-state index in [-0.39, 0.29) is 0 Å². The van der Waals surface area contributed by atoms with Gasteiger partial charge in [0.05, 0.1) is 0 Å². The second kappa shape index (κ2) is 7.28. The Bertz CT molecular complexity index is 367. The van der Waals surface area contributed by atoms with E-state index in [0.29, 0.717) is 12.6 Å². The second-order valence-electron chi connectivity index (χ2n) is 5.00. The van der Waals surface area contributed by atoms with Crippen LogP contribution in [-0.2, 0) is 11.3 Å². The summed E-state index contributed by atoms with van der Waals surface area (Å²) >= 11 is 0. The molecule has 1 heterocycles. The van der Waals surface area contributed by atoms with E-state index in [9.17, 15) is 0 Å². The predicted octanol–water partition coefficient (Wildman–Crippen LogP) is 2.80. The van der Waals surface area contributed by atoms with Crippen LogP contribution in [0.15, 0.2) is 6.07 Å². The van der Waals surface area contributed by atoms with Crippen LogP contribution in [0.1, 0.15) is 44.9 Å². The van der Waals surface area contributed by atoms with Gasteiger partial charge in [-0.3, -0.25) is 0 Å². The van der Waals surface area contributed by atoms with Crippen molar-refractivity contribution in [3.63, 3.8) is 0 Å². The zero-order valence-corrected chi connectivity index (χ0v) is 11.9. The van der Waals surface area contributed by atoms with Crippen LogP contribution in [0.25, 0.3) is 0 Å². The number of rotatable bonds is 6. The van der Waals surface area contributed by atoms with E-state index >= 15 is 0 Å². The fourth-order valence-electron chi connectivity index (χ4n) is 2.49. The predicted molar refractivity (Wildman–Crippen MR) is 77.4 cm³/mol. The summed E-state index contributed by atoms with van der Waals surface area (Å²) in [5.41, 5.74) is 0. The largest absolute Gasteiger partial charge is 0.377 e. The Kier molecular flexibility index (Phi) is 5.39. The summed E-state index contributed by atoms with van der Waals surface area (Å²) in [6, 6.07) is 2.53. The first-order valence-electron chi connectivity index (χ1n) is 7.19. The molecule has 0 amide bonds. The van der Waals surface area contributed by atoms with E-state index in [1.807, 2.05) is 6.07 Å². The minimum absolute atomic E-state index is 0.443. The van der Waals surface area contributed by atoms with E-state index in [1.54, 1.807) is 7.11 Å². The maximum atomic E-state index is 5.13. The molecule has 1 aromatic rings. The first-order valence-corrected chi connectivity index (χ1v) is 7.19. The molecular formula is C14H24N4O. The molecule has 5 heteroatoms. The second-order valence-corrected chi connectivity index (χ2v) is 5.00. The minimum Gasteiger partial charge on any atom is -0.377 e. The first-order chi connectivity index (χ1) is 9.31. The Morgan fingerprint density at radius 2 is 1.95 bits per heavy atom. The molecule has 0 spiro atoms.